The van der Waals surface area contributed by atoms with Crippen molar-refractivity contribution < 1.29 is 4.39 Å². The molecule has 1 aliphatic rings. The van der Waals surface area contributed by atoms with Crippen LogP contribution in [-0.4, -0.2) is 6.54 Å². The number of anilines is 1. The first-order valence-corrected chi connectivity index (χ1v) is 6.29. The van der Waals surface area contributed by atoms with Crippen LogP contribution in [0.5, 0.6) is 0 Å². The molecule has 0 aliphatic carbocycles. The Morgan fingerprint density at radius 1 is 1.21 bits per heavy atom. The Balaban J connectivity index is 1.89. The molecule has 3 heteroatoms. The van der Waals surface area contributed by atoms with E-state index in [2.05, 4.69) is 23.1 Å². The van der Waals surface area contributed by atoms with E-state index in [4.69, 9.17) is 5.26 Å². The molecule has 3 rings (SSSR count). The molecule has 2 aromatic rings. The van der Waals surface area contributed by atoms with Gasteiger partial charge in [0, 0.05) is 24.3 Å². The van der Waals surface area contributed by atoms with E-state index in [9.17, 15) is 4.39 Å². The first-order chi connectivity index (χ1) is 9.28. The minimum Gasteiger partial charge on any atom is -0.367 e. The lowest BCUT2D eigenvalue weighted by molar-refractivity contribution is 0.605. The Labute approximate surface area is 111 Å². The number of nitrogens with zero attached hydrogens (tertiary/aromatic N) is 2. The molecule has 0 aromatic heterocycles. The van der Waals surface area contributed by atoms with Gasteiger partial charge in [-0.1, -0.05) is 18.2 Å². The van der Waals surface area contributed by atoms with Crippen LogP contribution in [0.4, 0.5) is 10.1 Å². The molecular weight excluding hydrogens is 239 g/mol. The highest BCUT2D eigenvalue weighted by Crippen LogP contribution is 2.29. The van der Waals surface area contributed by atoms with Crippen LogP contribution in [0.1, 0.15) is 16.7 Å². The summed E-state index contributed by atoms with van der Waals surface area (Å²) < 4.78 is 13.8. The van der Waals surface area contributed by atoms with Crippen LogP contribution in [0.3, 0.4) is 0 Å². The van der Waals surface area contributed by atoms with E-state index >= 15 is 0 Å². The van der Waals surface area contributed by atoms with E-state index in [1.807, 2.05) is 12.1 Å². The van der Waals surface area contributed by atoms with Gasteiger partial charge in [0.2, 0.25) is 0 Å². The van der Waals surface area contributed by atoms with Crippen LogP contribution < -0.4 is 4.90 Å². The third kappa shape index (κ3) is 2.17. The lowest BCUT2D eigenvalue weighted by Gasteiger charge is -2.19. The first-order valence-electron chi connectivity index (χ1n) is 6.29. The number of para-hydroxylation sites is 1. The average molecular weight is 252 g/mol. The molecule has 0 spiro atoms. The summed E-state index contributed by atoms with van der Waals surface area (Å²) in [5.74, 6) is -0.247. The minimum absolute atomic E-state index is 0.247. The smallest absolute Gasteiger partial charge is 0.128 e. The van der Waals surface area contributed by atoms with Crippen molar-refractivity contribution in [2.45, 2.75) is 13.0 Å². The summed E-state index contributed by atoms with van der Waals surface area (Å²) in [6, 6.07) is 14.8. The molecule has 0 saturated carbocycles. The Bertz CT molecular complexity index is 658. The molecule has 1 aliphatic heterocycles. The van der Waals surface area contributed by atoms with Crippen molar-refractivity contribution in [1.82, 2.24) is 0 Å². The molecule has 1 heterocycles. The van der Waals surface area contributed by atoms with Crippen molar-refractivity contribution in [2.24, 2.45) is 0 Å². The summed E-state index contributed by atoms with van der Waals surface area (Å²) in [4.78, 5) is 2.16. The molecular formula is C16H13FN2. The summed E-state index contributed by atoms with van der Waals surface area (Å²) in [5, 5.41) is 8.89. The van der Waals surface area contributed by atoms with Crippen molar-refractivity contribution in [3.05, 3.63) is 65.0 Å². The molecule has 0 saturated heterocycles. The summed E-state index contributed by atoms with van der Waals surface area (Å²) in [5.41, 5.74) is 3.56. The molecule has 0 amide bonds. The average Bonchev–Trinajstić information content (AvgIpc) is 2.85. The zero-order valence-corrected chi connectivity index (χ0v) is 10.4. The Hall–Kier alpha value is -2.34. The second kappa shape index (κ2) is 4.74. The van der Waals surface area contributed by atoms with Gasteiger partial charge in [-0.2, -0.15) is 5.26 Å². The van der Waals surface area contributed by atoms with E-state index in [1.54, 1.807) is 6.07 Å². The van der Waals surface area contributed by atoms with Crippen LogP contribution in [-0.2, 0) is 13.0 Å². The monoisotopic (exact) mass is 252 g/mol. The molecule has 0 fully saturated rings. The topological polar surface area (TPSA) is 27.0 Å². The third-order valence-electron chi connectivity index (χ3n) is 3.52. The summed E-state index contributed by atoms with van der Waals surface area (Å²) >= 11 is 0. The van der Waals surface area contributed by atoms with Crippen LogP contribution in [0, 0.1) is 17.1 Å². The normalized spacial score (nSPS) is 13.2. The van der Waals surface area contributed by atoms with Crippen molar-refractivity contribution >= 4 is 5.69 Å². The summed E-state index contributed by atoms with van der Waals surface area (Å²) in [6.45, 7) is 1.41. The van der Waals surface area contributed by atoms with Gasteiger partial charge in [0.15, 0.2) is 0 Å². The fraction of sp³-hybridized carbons (Fsp3) is 0.188. The van der Waals surface area contributed by atoms with E-state index in [0.717, 1.165) is 13.0 Å². The van der Waals surface area contributed by atoms with Gasteiger partial charge in [0.1, 0.15) is 5.82 Å². The Morgan fingerprint density at radius 2 is 2.05 bits per heavy atom. The SMILES string of the molecule is N#Cc1ccc(F)c(CN2CCc3ccccc32)c1. The molecule has 0 unspecified atom stereocenters. The molecule has 0 radical (unpaired) electrons. The lowest BCUT2D eigenvalue weighted by atomic mass is 10.1. The zero-order chi connectivity index (χ0) is 13.2. The first kappa shape index (κ1) is 11.7. The molecule has 94 valence electrons. The second-order valence-electron chi connectivity index (χ2n) is 4.72. The van der Waals surface area contributed by atoms with Gasteiger partial charge in [0.25, 0.3) is 0 Å². The van der Waals surface area contributed by atoms with Crippen molar-refractivity contribution in [2.75, 3.05) is 11.4 Å². The molecule has 19 heavy (non-hydrogen) atoms. The van der Waals surface area contributed by atoms with Gasteiger partial charge >= 0.3 is 0 Å². The second-order valence-corrected chi connectivity index (χ2v) is 4.72. The maximum absolute atomic E-state index is 13.8. The largest absolute Gasteiger partial charge is 0.367 e. The number of nitriles is 1. The minimum atomic E-state index is -0.247. The van der Waals surface area contributed by atoms with Crippen LogP contribution in [0.2, 0.25) is 0 Å². The van der Waals surface area contributed by atoms with Crippen molar-refractivity contribution in [3.63, 3.8) is 0 Å². The third-order valence-corrected chi connectivity index (χ3v) is 3.52. The highest BCUT2D eigenvalue weighted by molar-refractivity contribution is 5.58. The quantitative estimate of drug-likeness (QED) is 0.820. The fourth-order valence-corrected chi connectivity index (χ4v) is 2.54. The number of halogens is 1. The lowest BCUT2D eigenvalue weighted by Crippen LogP contribution is -2.20. The molecule has 2 nitrogen and oxygen atoms in total. The van der Waals surface area contributed by atoms with Crippen LogP contribution in [0.25, 0.3) is 0 Å². The van der Waals surface area contributed by atoms with Crippen LogP contribution >= 0.6 is 0 Å². The molecule has 0 bridgehead atoms. The Kier molecular flexibility index (Phi) is 2.92. The van der Waals surface area contributed by atoms with E-state index < -0.39 is 0 Å². The zero-order valence-electron chi connectivity index (χ0n) is 10.4. The number of hydrogen-bond donors (Lipinski definition) is 0. The van der Waals surface area contributed by atoms with Crippen molar-refractivity contribution in [3.8, 4) is 6.07 Å². The van der Waals surface area contributed by atoms with E-state index in [-0.39, 0.29) is 5.82 Å². The van der Waals surface area contributed by atoms with Gasteiger partial charge in [0.05, 0.1) is 11.6 Å². The Morgan fingerprint density at radius 3 is 2.89 bits per heavy atom. The summed E-state index contributed by atoms with van der Waals surface area (Å²) in [7, 11) is 0. The predicted octanol–water partition coefficient (Wildman–Crippen LogP) is 3.26. The number of fused-ring (bicyclic) bond motifs is 1. The number of rotatable bonds is 2. The van der Waals surface area contributed by atoms with Gasteiger partial charge in [-0.05, 0) is 36.2 Å². The van der Waals surface area contributed by atoms with E-state index in [0.29, 0.717) is 17.7 Å². The van der Waals surface area contributed by atoms with Crippen LogP contribution in [0.15, 0.2) is 42.5 Å². The fourth-order valence-electron chi connectivity index (χ4n) is 2.54. The van der Waals surface area contributed by atoms with Gasteiger partial charge in [-0.25, -0.2) is 4.39 Å². The molecule has 0 atom stereocenters. The summed E-state index contributed by atoms with van der Waals surface area (Å²) in [6.07, 6.45) is 0.996. The van der Waals surface area contributed by atoms with Gasteiger partial charge in [-0.15, -0.1) is 0 Å². The van der Waals surface area contributed by atoms with Gasteiger partial charge < -0.3 is 4.90 Å². The maximum Gasteiger partial charge on any atom is 0.128 e. The van der Waals surface area contributed by atoms with E-state index in [1.165, 1.54) is 23.4 Å². The maximum atomic E-state index is 13.8. The number of hydrogen-bond acceptors (Lipinski definition) is 2. The highest BCUT2D eigenvalue weighted by Gasteiger charge is 2.19. The van der Waals surface area contributed by atoms with Crippen molar-refractivity contribution in [1.29, 1.82) is 5.26 Å². The molecule has 2 aromatic carbocycles. The molecule has 0 N–H and O–H groups in total. The predicted molar refractivity (Wildman–Crippen MR) is 72.3 cm³/mol. The standard InChI is InChI=1S/C16H13FN2/c17-15-6-5-12(10-18)9-14(15)11-19-8-7-13-3-1-2-4-16(13)19/h1-6,9H,7-8,11H2. The number of benzene rings is 2. The van der Waals surface area contributed by atoms with Gasteiger partial charge in [-0.3, -0.25) is 0 Å². The highest BCUT2D eigenvalue weighted by atomic mass is 19.1.